The molecular formula is C12H19ClN4. The van der Waals surface area contributed by atoms with Crippen LogP contribution in [-0.4, -0.2) is 16.0 Å². The highest BCUT2D eigenvalue weighted by Crippen LogP contribution is 2.28. The molecule has 2 rings (SSSR count). The second kappa shape index (κ2) is 5.54. The summed E-state index contributed by atoms with van der Waals surface area (Å²) in [5.41, 5.74) is 6.37. The van der Waals surface area contributed by atoms with E-state index >= 15 is 0 Å². The molecule has 1 aromatic rings. The number of hydrogen-bond acceptors (Lipinski definition) is 4. The normalized spacial score (nSPS) is 18.9. The van der Waals surface area contributed by atoms with Crippen LogP contribution in [0.25, 0.3) is 0 Å². The maximum absolute atomic E-state index is 5.82. The molecule has 17 heavy (non-hydrogen) atoms. The number of nitrogens with two attached hydrogens (primary N) is 1. The largest absolute Gasteiger partial charge is 0.394 e. The van der Waals surface area contributed by atoms with Crippen molar-refractivity contribution < 1.29 is 0 Å². The predicted octanol–water partition coefficient (Wildman–Crippen LogP) is 3.09. The molecule has 0 aliphatic heterocycles. The SMILES string of the molecule is CC(Nc1nc(Cl)ncc1N)C1CCCCC1. The molecule has 94 valence electrons. The summed E-state index contributed by atoms with van der Waals surface area (Å²) in [5.74, 6) is 1.36. The summed E-state index contributed by atoms with van der Waals surface area (Å²) in [5, 5.41) is 3.59. The number of nitrogen functional groups attached to an aromatic ring is 1. The Balaban J connectivity index is 2.01. The lowest BCUT2D eigenvalue weighted by Crippen LogP contribution is -2.28. The molecule has 1 saturated carbocycles. The van der Waals surface area contributed by atoms with Gasteiger partial charge in [0, 0.05) is 6.04 Å². The molecule has 3 N–H and O–H groups in total. The van der Waals surface area contributed by atoms with Crippen LogP contribution < -0.4 is 11.1 Å². The van der Waals surface area contributed by atoms with E-state index < -0.39 is 0 Å². The maximum Gasteiger partial charge on any atom is 0.224 e. The zero-order valence-corrected chi connectivity index (χ0v) is 10.9. The fraction of sp³-hybridized carbons (Fsp3) is 0.667. The Morgan fingerprint density at radius 1 is 1.41 bits per heavy atom. The first-order chi connectivity index (χ1) is 8.16. The third-order valence-electron chi connectivity index (χ3n) is 3.51. The molecule has 0 aromatic carbocycles. The topological polar surface area (TPSA) is 63.8 Å². The first kappa shape index (κ1) is 12.4. The number of anilines is 2. The van der Waals surface area contributed by atoms with Crippen LogP contribution in [0, 0.1) is 5.92 Å². The van der Waals surface area contributed by atoms with E-state index in [9.17, 15) is 0 Å². The minimum absolute atomic E-state index is 0.234. The van der Waals surface area contributed by atoms with Crippen LogP contribution in [0.5, 0.6) is 0 Å². The third kappa shape index (κ3) is 3.22. The molecule has 4 nitrogen and oxygen atoms in total. The van der Waals surface area contributed by atoms with Gasteiger partial charge in [0.2, 0.25) is 5.28 Å². The van der Waals surface area contributed by atoms with Gasteiger partial charge in [0.15, 0.2) is 5.82 Å². The minimum Gasteiger partial charge on any atom is -0.394 e. The van der Waals surface area contributed by atoms with Gasteiger partial charge in [-0.15, -0.1) is 0 Å². The van der Waals surface area contributed by atoms with Crippen LogP contribution in [0.2, 0.25) is 5.28 Å². The highest BCUT2D eigenvalue weighted by molar-refractivity contribution is 6.28. The van der Waals surface area contributed by atoms with E-state index in [2.05, 4.69) is 22.2 Å². The Kier molecular flexibility index (Phi) is 4.05. The molecule has 1 aliphatic carbocycles. The molecule has 0 bridgehead atoms. The Bertz CT molecular complexity index is 377. The molecule has 5 heteroatoms. The summed E-state index contributed by atoms with van der Waals surface area (Å²) in [7, 11) is 0. The lowest BCUT2D eigenvalue weighted by molar-refractivity contribution is 0.328. The summed E-state index contributed by atoms with van der Waals surface area (Å²) in [4.78, 5) is 7.97. The molecule has 1 unspecified atom stereocenters. The highest BCUT2D eigenvalue weighted by Gasteiger charge is 2.20. The van der Waals surface area contributed by atoms with Crippen LogP contribution in [0.3, 0.4) is 0 Å². The molecule has 0 amide bonds. The molecule has 0 saturated heterocycles. The van der Waals surface area contributed by atoms with Gasteiger partial charge in [0.05, 0.1) is 11.9 Å². The fourth-order valence-corrected chi connectivity index (χ4v) is 2.59. The zero-order valence-electron chi connectivity index (χ0n) is 10.1. The maximum atomic E-state index is 5.82. The highest BCUT2D eigenvalue weighted by atomic mass is 35.5. The minimum atomic E-state index is 0.234. The van der Waals surface area contributed by atoms with Gasteiger partial charge in [0.1, 0.15) is 0 Å². The van der Waals surface area contributed by atoms with Crippen molar-refractivity contribution in [1.82, 2.24) is 9.97 Å². The first-order valence-corrected chi connectivity index (χ1v) is 6.59. The van der Waals surface area contributed by atoms with Gasteiger partial charge in [-0.2, -0.15) is 4.98 Å². The number of nitrogens with one attached hydrogen (secondary N) is 1. The van der Waals surface area contributed by atoms with Crippen LogP contribution in [0.4, 0.5) is 11.5 Å². The molecule has 1 aliphatic rings. The molecule has 1 aromatic heterocycles. The van der Waals surface area contributed by atoms with Gasteiger partial charge in [-0.05, 0) is 37.3 Å². The molecule has 1 atom stereocenters. The first-order valence-electron chi connectivity index (χ1n) is 6.21. The Labute approximate surface area is 107 Å². The lowest BCUT2D eigenvalue weighted by Gasteiger charge is -2.28. The van der Waals surface area contributed by atoms with E-state index in [1.165, 1.54) is 32.1 Å². The van der Waals surface area contributed by atoms with Crippen molar-refractivity contribution in [2.75, 3.05) is 11.1 Å². The van der Waals surface area contributed by atoms with Gasteiger partial charge in [-0.1, -0.05) is 19.3 Å². The summed E-state index contributed by atoms with van der Waals surface area (Å²) < 4.78 is 0. The van der Waals surface area contributed by atoms with Crippen LogP contribution >= 0.6 is 11.6 Å². The Hall–Kier alpha value is -1.03. The van der Waals surface area contributed by atoms with Crippen molar-refractivity contribution >= 4 is 23.1 Å². The zero-order chi connectivity index (χ0) is 12.3. The van der Waals surface area contributed by atoms with Crippen molar-refractivity contribution in [3.63, 3.8) is 0 Å². The van der Waals surface area contributed by atoms with Crippen LogP contribution in [-0.2, 0) is 0 Å². The smallest absolute Gasteiger partial charge is 0.224 e. The summed E-state index contributed by atoms with van der Waals surface area (Å²) in [6.45, 7) is 2.19. The fourth-order valence-electron chi connectivity index (χ4n) is 2.45. The van der Waals surface area contributed by atoms with E-state index in [1.807, 2.05) is 0 Å². The number of rotatable bonds is 3. The van der Waals surface area contributed by atoms with Crippen molar-refractivity contribution in [3.8, 4) is 0 Å². The van der Waals surface area contributed by atoms with Gasteiger partial charge in [0.25, 0.3) is 0 Å². The summed E-state index contributed by atoms with van der Waals surface area (Å²) in [6.07, 6.45) is 8.14. The van der Waals surface area contributed by atoms with E-state index in [0.717, 1.165) is 0 Å². The summed E-state index contributed by atoms with van der Waals surface area (Å²) in [6, 6.07) is 0.378. The monoisotopic (exact) mass is 254 g/mol. The number of hydrogen-bond donors (Lipinski definition) is 2. The molecule has 0 radical (unpaired) electrons. The molecular weight excluding hydrogens is 236 g/mol. The average Bonchev–Trinajstić information content (AvgIpc) is 2.35. The van der Waals surface area contributed by atoms with Gasteiger partial charge < -0.3 is 11.1 Å². The number of aromatic nitrogens is 2. The van der Waals surface area contributed by atoms with E-state index in [1.54, 1.807) is 6.20 Å². The van der Waals surface area contributed by atoms with Crippen molar-refractivity contribution in [2.24, 2.45) is 5.92 Å². The predicted molar refractivity (Wildman–Crippen MR) is 71.1 cm³/mol. The average molecular weight is 255 g/mol. The molecule has 0 spiro atoms. The molecule has 1 heterocycles. The van der Waals surface area contributed by atoms with E-state index in [-0.39, 0.29) is 5.28 Å². The van der Waals surface area contributed by atoms with Gasteiger partial charge in [-0.25, -0.2) is 4.98 Å². The Morgan fingerprint density at radius 3 is 2.82 bits per heavy atom. The second-order valence-corrected chi connectivity index (χ2v) is 5.11. The second-order valence-electron chi connectivity index (χ2n) is 4.77. The summed E-state index contributed by atoms with van der Waals surface area (Å²) >= 11 is 5.77. The lowest BCUT2D eigenvalue weighted by atomic mass is 9.84. The third-order valence-corrected chi connectivity index (χ3v) is 3.69. The van der Waals surface area contributed by atoms with Crippen LogP contribution in [0.15, 0.2) is 6.20 Å². The van der Waals surface area contributed by atoms with Crippen LogP contribution in [0.1, 0.15) is 39.0 Å². The number of nitrogens with zero attached hydrogens (tertiary/aromatic N) is 2. The standard InChI is InChI=1S/C12H19ClN4/c1-8(9-5-3-2-4-6-9)16-11-10(14)7-15-12(13)17-11/h7-9H,2-6,14H2,1H3,(H,15,16,17). The quantitative estimate of drug-likeness (QED) is 0.814. The van der Waals surface area contributed by atoms with Crippen molar-refractivity contribution in [2.45, 2.75) is 45.1 Å². The van der Waals surface area contributed by atoms with Crippen molar-refractivity contribution in [3.05, 3.63) is 11.5 Å². The van der Waals surface area contributed by atoms with E-state index in [0.29, 0.717) is 23.5 Å². The Morgan fingerprint density at radius 2 is 2.12 bits per heavy atom. The number of halogens is 1. The van der Waals surface area contributed by atoms with Gasteiger partial charge in [-0.3, -0.25) is 0 Å². The van der Waals surface area contributed by atoms with Crippen molar-refractivity contribution in [1.29, 1.82) is 0 Å². The van der Waals surface area contributed by atoms with E-state index in [4.69, 9.17) is 17.3 Å². The molecule has 1 fully saturated rings. The van der Waals surface area contributed by atoms with Gasteiger partial charge >= 0.3 is 0 Å².